The van der Waals surface area contributed by atoms with Gasteiger partial charge in [-0.15, -0.1) is 0 Å². The maximum Gasteiger partial charge on any atom is 0.270 e. The lowest BCUT2D eigenvalue weighted by Gasteiger charge is -2.06. The third-order valence-electron chi connectivity index (χ3n) is 3.55. The number of nitrogens with zero attached hydrogens (tertiary/aromatic N) is 1. The van der Waals surface area contributed by atoms with Gasteiger partial charge in [0.15, 0.2) is 0 Å². The van der Waals surface area contributed by atoms with Gasteiger partial charge in [0.1, 0.15) is 0 Å². The van der Waals surface area contributed by atoms with Crippen molar-refractivity contribution in [1.29, 1.82) is 0 Å². The van der Waals surface area contributed by atoms with Crippen LogP contribution < -0.4 is 5.56 Å². The van der Waals surface area contributed by atoms with Gasteiger partial charge < -0.3 is 0 Å². The van der Waals surface area contributed by atoms with Gasteiger partial charge in [-0.05, 0) is 30.7 Å². The van der Waals surface area contributed by atoms with Crippen LogP contribution in [0.5, 0.6) is 0 Å². The maximum absolute atomic E-state index is 12.6. The van der Waals surface area contributed by atoms with Gasteiger partial charge in [0.2, 0.25) is 0 Å². The van der Waals surface area contributed by atoms with Crippen molar-refractivity contribution < 1.29 is 0 Å². The predicted octanol–water partition coefficient (Wildman–Crippen LogP) is 4.01. The first-order chi connectivity index (χ1) is 9.88. The lowest BCUT2D eigenvalue weighted by molar-refractivity contribution is 0.472. The Labute approximate surface area is 127 Å². The van der Waals surface area contributed by atoms with Crippen molar-refractivity contribution >= 4 is 0 Å². The Hall–Kier alpha value is -1.77. The molecule has 0 radical (unpaired) electrons. The van der Waals surface area contributed by atoms with Crippen molar-refractivity contribution in [2.24, 2.45) is 11.8 Å². The molecule has 2 rings (SSSR count). The van der Waals surface area contributed by atoms with Crippen molar-refractivity contribution in [3.63, 3.8) is 0 Å². The largest absolute Gasteiger partial charge is 0.295 e. The van der Waals surface area contributed by atoms with Crippen molar-refractivity contribution in [3.05, 3.63) is 45.7 Å². The van der Waals surface area contributed by atoms with E-state index in [-0.39, 0.29) is 5.56 Å². The van der Waals surface area contributed by atoms with E-state index in [1.54, 1.807) is 4.68 Å². The fraction of sp³-hybridized carbons (Fsp3) is 0.500. The third-order valence-corrected chi connectivity index (χ3v) is 3.55. The molecule has 0 amide bonds. The van der Waals surface area contributed by atoms with Crippen LogP contribution in [0.2, 0.25) is 0 Å². The van der Waals surface area contributed by atoms with E-state index in [1.807, 2.05) is 0 Å². The van der Waals surface area contributed by atoms with Gasteiger partial charge in [0.05, 0.1) is 5.69 Å². The summed E-state index contributed by atoms with van der Waals surface area (Å²) in [5.41, 5.74) is 4.35. The molecule has 0 bridgehead atoms. The van der Waals surface area contributed by atoms with E-state index in [4.69, 9.17) is 0 Å². The molecule has 1 N–H and O–H groups in total. The quantitative estimate of drug-likeness (QED) is 0.886. The molecule has 0 fully saturated rings. The zero-order chi connectivity index (χ0) is 15.6. The summed E-state index contributed by atoms with van der Waals surface area (Å²) >= 11 is 0. The Morgan fingerprint density at radius 3 is 2.19 bits per heavy atom. The minimum Gasteiger partial charge on any atom is -0.295 e. The first-order valence-corrected chi connectivity index (χ1v) is 7.77. The van der Waals surface area contributed by atoms with Gasteiger partial charge in [0, 0.05) is 12.1 Å². The summed E-state index contributed by atoms with van der Waals surface area (Å²) in [6.45, 7) is 11.4. The molecule has 1 heterocycles. The van der Waals surface area contributed by atoms with Crippen LogP contribution in [0.4, 0.5) is 0 Å². The van der Waals surface area contributed by atoms with Crippen LogP contribution in [-0.4, -0.2) is 9.78 Å². The number of nitrogens with one attached hydrogen (secondary N) is 1. The molecule has 0 spiro atoms. The minimum atomic E-state index is 0.132. The fourth-order valence-corrected chi connectivity index (χ4v) is 2.57. The second-order valence-electron chi connectivity index (χ2n) is 6.74. The third kappa shape index (κ3) is 3.66. The molecule has 0 atom stereocenters. The highest BCUT2D eigenvalue weighted by molar-refractivity contribution is 5.63. The molecule has 114 valence electrons. The lowest BCUT2D eigenvalue weighted by Crippen LogP contribution is -2.22. The van der Waals surface area contributed by atoms with Gasteiger partial charge in [-0.2, -0.15) is 0 Å². The summed E-state index contributed by atoms with van der Waals surface area (Å²) < 4.78 is 1.76. The Morgan fingerprint density at radius 2 is 1.67 bits per heavy atom. The molecule has 21 heavy (non-hydrogen) atoms. The molecule has 1 aromatic carbocycles. The summed E-state index contributed by atoms with van der Waals surface area (Å²) in [6, 6.07) is 8.35. The Balaban J connectivity index is 2.52. The van der Waals surface area contributed by atoms with E-state index in [9.17, 15) is 4.79 Å². The van der Waals surface area contributed by atoms with E-state index in [0.29, 0.717) is 11.8 Å². The van der Waals surface area contributed by atoms with Crippen LogP contribution in [0.3, 0.4) is 0 Å². The zero-order valence-corrected chi connectivity index (χ0v) is 13.7. The SMILES string of the molecule is Cc1ccc(-c2[nH]n(CC(C)C)c(=O)c2CC(C)C)cc1. The van der Waals surface area contributed by atoms with Gasteiger partial charge >= 0.3 is 0 Å². The summed E-state index contributed by atoms with van der Waals surface area (Å²) in [4.78, 5) is 12.6. The molecular formula is C18H26N2O. The zero-order valence-electron chi connectivity index (χ0n) is 13.7. The number of aromatic nitrogens is 2. The predicted molar refractivity (Wildman–Crippen MR) is 88.6 cm³/mol. The van der Waals surface area contributed by atoms with E-state index >= 15 is 0 Å². The Kier molecular flexibility index (Phi) is 4.71. The molecule has 0 saturated carbocycles. The Morgan fingerprint density at radius 1 is 1.05 bits per heavy atom. The first kappa shape index (κ1) is 15.6. The van der Waals surface area contributed by atoms with Crippen LogP contribution in [0, 0.1) is 18.8 Å². The van der Waals surface area contributed by atoms with Gasteiger partial charge in [-0.1, -0.05) is 57.5 Å². The van der Waals surface area contributed by atoms with Gasteiger partial charge in [-0.3, -0.25) is 14.6 Å². The average Bonchev–Trinajstić information content (AvgIpc) is 2.68. The molecule has 3 nitrogen and oxygen atoms in total. The van der Waals surface area contributed by atoms with Crippen molar-refractivity contribution in [2.45, 2.75) is 47.6 Å². The number of hydrogen-bond acceptors (Lipinski definition) is 1. The second kappa shape index (κ2) is 6.33. The minimum absolute atomic E-state index is 0.132. The second-order valence-corrected chi connectivity index (χ2v) is 6.74. The van der Waals surface area contributed by atoms with E-state index in [1.165, 1.54) is 5.56 Å². The smallest absolute Gasteiger partial charge is 0.270 e. The molecule has 2 aromatic rings. The molecule has 0 unspecified atom stereocenters. The Bertz CT molecular complexity index is 645. The van der Waals surface area contributed by atoms with Crippen LogP contribution in [-0.2, 0) is 13.0 Å². The van der Waals surface area contributed by atoms with E-state index < -0.39 is 0 Å². The van der Waals surface area contributed by atoms with Crippen LogP contribution in [0.1, 0.15) is 38.8 Å². The number of rotatable bonds is 5. The summed E-state index contributed by atoms with van der Waals surface area (Å²) in [5.74, 6) is 0.907. The highest BCUT2D eigenvalue weighted by atomic mass is 16.1. The molecule has 0 aliphatic rings. The van der Waals surface area contributed by atoms with Crippen LogP contribution >= 0.6 is 0 Å². The molecular weight excluding hydrogens is 260 g/mol. The molecule has 0 saturated heterocycles. The number of hydrogen-bond donors (Lipinski definition) is 1. The molecule has 3 heteroatoms. The average molecular weight is 286 g/mol. The van der Waals surface area contributed by atoms with Crippen molar-refractivity contribution in [1.82, 2.24) is 9.78 Å². The van der Waals surface area contributed by atoms with Gasteiger partial charge in [0.25, 0.3) is 5.56 Å². The van der Waals surface area contributed by atoms with E-state index in [0.717, 1.165) is 29.8 Å². The summed E-state index contributed by atoms with van der Waals surface area (Å²) in [6.07, 6.45) is 0.809. The monoisotopic (exact) mass is 286 g/mol. The highest BCUT2D eigenvalue weighted by Gasteiger charge is 2.17. The molecule has 0 aliphatic heterocycles. The highest BCUT2D eigenvalue weighted by Crippen LogP contribution is 2.22. The summed E-state index contributed by atoms with van der Waals surface area (Å²) in [5, 5.41) is 3.33. The van der Waals surface area contributed by atoms with Gasteiger partial charge in [-0.25, -0.2) is 0 Å². The number of aromatic amines is 1. The van der Waals surface area contributed by atoms with Crippen LogP contribution in [0.15, 0.2) is 29.1 Å². The number of aryl methyl sites for hydroxylation is 1. The first-order valence-electron chi connectivity index (χ1n) is 7.77. The maximum atomic E-state index is 12.6. The van der Waals surface area contributed by atoms with E-state index in [2.05, 4.69) is 64.0 Å². The number of benzene rings is 1. The lowest BCUT2D eigenvalue weighted by atomic mass is 9.99. The van der Waals surface area contributed by atoms with Crippen molar-refractivity contribution in [3.8, 4) is 11.3 Å². The van der Waals surface area contributed by atoms with Crippen molar-refractivity contribution in [2.75, 3.05) is 0 Å². The summed E-state index contributed by atoms with van der Waals surface area (Å²) in [7, 11) is 0. The molecule has 1 aromatic heterocycles. The normalized spacial score (nSPS) is 11.6. The molecule has 0 aliphatic carbocycles. The van der Waals surface area contributed by atoms with Crippen LogP contribution in [0.25, 0.3) is 11.3 Å². The number of H-pyrrole nitrogens is 1. The standard InChI is InChI=1S/C18H26N2O/c1-12(2)10-16-17(15-8-6-14(5)7-9-15)19-20(18(16)21)11-13(3)4/h6-9,12-13,19H,10-11H2,1-5H3. The fourth-order valence-electron chi connectivity index (χ4n) is 2.57. The topological polar surface area (TPSA) is 37.8 Å².